The lowest BCUT2D eigenvalue weighted by atomic mass is 9.90. The highest BCUT2D eigenvalue weighted by Gasteiger charge is 2.28. The van der Waals surface area contributed by atoms with Gasteiger partial charge in [-0.2, -0.15) is 0 Å². The van der Waals surface area contributed by atoms with Crippen molar-refractivity contribution >= 4 is 10.9 Å². The molecule has 0 bridgehead atoms. The van der Waals surface area contributed by atoms with E-state index in [0.717, 1.165) is 48.6 Å². The van der Waals surface area contributed by atoms with Crippen LogP contribution in [0.25, 0.3) is 10.9 Å². The molecule has 0 aliphatic carbocycles. The highest BCUT2D eigenvalue weighted by atomic mass is 16.5. The van der Waals surface area contributed by atoms with Gasteiger partial charge in [0.05, 0.1) is 5.52 Å². The van der Waals surface area contributed by atoms with Gasteiger partial charge in [-0.3, -0.25) is 9.88 Å². The van der Waals surface area contributed by atoms with Gasteiger partial charge in [-0.05, 0) is 64.9 Å². The molecule has 0 amide bonds. The smallest absolute Gasteiger partial charge is 0.151 e. The van der Waals surface area contributed by atoms with Crippen molar-refractivity contribution in [2.75, 3.05) is 13.1 Å². The Morgan fingerprint density at radius 1 is 1.07 bits per heavy atom. The van der Waals surface area contributed by atoms with Gasteiger partial charge in [0, 0.05) is 48.0 Å². The summed E-state index contributed by atoms with van der Waals surface area (Å²) >= 11 is 0. The molecule has 3 heterocycles. The van der Waals surface area contributed by atoms with Gasteiger partial charge in [-0.15, -0.1) is 0 Å². The first-order valence-corrected chi connectivity index (χ1v) is 9.85. The summed E-state index contributed by atoms with van der Waals surface area (Å²) in [5.74, 6) is 2.27. The number of rotatable bonds is 3. The number of aryl methyl sites for hydroxylation is 1. The summed E-state index contributed by atoms with van der Waals surface area (Å²) in [6.07, 6.45) is 6.26. The standard InChI is InChI=1S/C23H29N3O/c1-23(2,3)26-14-10-17(11-15-26)20-16-19(8-12-24-20)27-21-7-5-6-18-9-13-25(4)22(18)21/h5-9,12-13,16-17H,10-11,14-15H2,1-4H3. The molecule has 4 heteroatoms. The molecule has 2 aromatic heterocycles. The van der Waals surface area contributed by atoms with E-state index in [1.54, 1.807) is 0 Å². The van der Waals surface area contributed by atoms with Crippen molar-refractivity contribution in [3.05, 3.63) is 54.5 Å². The van der Waals surface area contributed by atoms with Gasteiger partial charge >= 0.3 is 0 Å². The van der Waals surface area contributed by atoms with E-state index in [-0.39, 0.29) is 5.54 Å². The highest BCUT2D eigenvalue weighted by Crippen LogP contribution is 2.34. The van der Waals surface area contributed by atoms with Crippen LogP contribution in [0, 0.1) is 0 Å². The molecule has 0 radical (unpaired) electrons. The minimum absolute atomic E-state index is 0.247. The summed E-state index contributed by atoms with van der Waals surface area (Å²) in [6.45, 7) is 9.14. The molecule has 4 rings (SSSR count). The van der Waals surface area contributed by atoms with E-state index in [2.05, 4.69) is 66.7 Å². The average molecular weight is 364 g/mol. The molecule has 1 fully saturated rings. The van der Waals surface area contributed by atoms with Crippen molar-refractivity contribution in [3.63, 3.8) is 0 Å². The topological polar surface area (TPSA) is 30.3 Å². The van der Waals surface area contributed by atoms with Crippen LogP contribution in [0.15, 0.2) is 48.8 Å². The lowest BCUT2D eigenvalue weighted by molar-refractivity contribution is 0.101. The summed E-state index contributed by atoms with van der Waals surface area (Å²) in [7, 11) is 2.05. The number of ether oxygens (including phenoxy) is 1. The van der Waals surface area contributed by atoms with Gasteiger partial charge in [0.2, 0.25) is 0 Å². The van der Waals surface area contributed by atoms with Crippen LogP contribution >= 0.6 is 0 Å². The quantitative estimate of drug-likeness (QED) is 0.629. The van der Waals surface area contributed by atoms with E-state index in [0.29, 0.717) is 5.92 Å². The molecule has 3 aromatic rings. The molecule has 1 aromatic carbocycles. The third-order valence-corrected chi connectivity index (χ3v) is 5.70. The number of pyridine rings is 1. The first-order valence-electron chi connectivity index (χ1n) is 9.85. The fourth-order valence-electron chi connectivity index (χ4n) is 4.09. The summed E-state index contributed by atoms with van der Waals surface area (Å²) in [5.41, 5.74) is 2.52. The number of fused-ring (bicyclic) bond motifs is 1. The molecule has 4 nitrogen and oxygen atoms in total. The Bertz CT molecular complexity index is 930. The van der Waals surface area contributed by atoms with Crippen molar-refractivity contribution in [2.24, 2.45) is 7.05 Å². The van der Waals surface area contributed by atoms with E-state index in [1.165, 1.54) is 5.39 Å². The molecule has 142 valence electrons. The molecule has 0 N–H and O–H groups in total. The predicted octanol–water partition coefficient (Wildman–Crippen LogP) is 5.34. The van der Waals surface area contributed by atoms with Crippen molar-refractivity contribution in [1.29, 1.82) is 0 Å². The Morgan fingerprint density at radius 2 is 1.85 bits per heavy atom. The molecule has 0 unspecified atom stereocenters. The van der Waals surface area contributed by atoms with E-state index < -0.39 is 0 Å². The van der Waals surface area contributed by atoms with Crippen LogP contribution in [0.5, 0.6) is 11.5 Å². The largest absolute Gasteiger partial charge is 0.455 e. The Morgan fingerprint density at radius 3 is 2.59 bits per heavy atom. The van der Waals surface area contributed by atoms with Gasteiger partial charge in [-0.25, -0.2) is 0 Å². The fraction of sp³-hybridized carbons (Fsp3) is 0.435. The maximum atomic E-state index is 6.27. The molecular formula is C23H29N3O. The summed E-state index contributed by atoms with van der Waals surface area (Å²) in [6, 6.07) is 12.4. The van der Waals surface area contributed by atoms with E-state index in [1.807, 2.05) is 24.4 Å². The minimum atomic E-state index is 0.247. The zero-order valence-electron chi connectivity index (χ0n) is 16.8. The molecule has 0 spiro atoms. The second-order valence-corrected chi connectivity index (χ2v) is 8.57. The number of para-hydroxylation sites is 1. The maximum Gasteiger partial charge on any atom is 0.151 e. The first-order chi connectivity index (χ1) is 12.9. The number of hydrogen-bond acceptors (Lipinski definition) is 3. The van der Waals surface area contributed by atoms with Crippen LogP contribution in [0.2, 0.25) is 0 Å². The van der Waals surface area contributed by atoms with Crippen LogP contribution in [0.3, 0.4) is 0 Å². The van der Waals surface area contributed by atoms with Gasteiger partial charge in [-0.1, -0.05) is 12.1 Å². The zero-order valence-corrected chi connectivity index (χ0v) is 16.8. The maximum absolute atomic E-state index is 6.27. The van der Waals surface area contributed by atoms with E-state index in [4.69, 9.17) is 4.74 Å². The van der Waals surface area contributed by atoms with Crippen LogP contribution in [0.1, 0.15) is 45.2 Å². The third kappa shape index (κ3) is 3.72. The minimum Gasteiger partial charge on any atom is -0.455 e. The van der Waals surface area contributed by atoms with Crippen molar-refractivity contribution < 1.29 is 4.74 Å². The second kappa shape index (κ2) is 7.01. The van der Waals surface area contributed by atoms with Gasteiger partial charge in [0.15, 0.2) is 5.75 Å². The third-order valence-electron chi connectivity index (χ3n) is 5.70. The monoisotopic (exact) mass is 363 g/mol. The zero-order chi connectivity index (χ0) is 19.0. The van der Waals surface area contributed by atoms with Crippen molar-refractivity contribution in [1.82, 2.24) is 14.5 Å². The Kier molecular flexibility index (Phi) is 4.68. The molecule has 0 atom stereocenters. The molecular weight excluding hydrogens is 334 g/mol. The highest BCUT2D eigenvalue weighted by molar-refractivity contribution is 5.86. The lowest BCUT2D eigenvalue weighted by Crippen LogP contribution is -2.45. The Labute approximate surface area is 161 Å². The average Bonchev–Trinajstić information content (AvgIpc) is 3.04. The summed E-state index contributed by atoms with van der Waals surface area (Å²) in [5, 5.41) is 1.19. The second-order valence-electron chi connectivity index (χ2n) is 8.57. The lowest BCUT2D eigenvalue weighted by Gasteiger charge is -2.40. The van der Waals surface area contributed by atoms with Crippen LogP contribution in [-0.4, -0.2) is 33.1 Å². The molecule has 1 aliphatic rings. The SMILES string of the molecule is Cn1ccc2cccc(Oc3ccnc(C4CCN(C(C)(C)C)CC4)c3)c21. The molecule has 1 aliphatic heterocycles. The van der Waals surface area contributed by atoms with Crippen LogP contribution in [0.4, 0.5) is 0 Å². The van der Waals surface area contributed by atoms with Gasteiger partial charge in [0.1, 0.15) is 5.75 Å². The summed E-state index contributed by atoms with van der Waals surface area (Å²) in [4.78, 5) is 7.23. The van der Waals surface area contributed by atoms with E-state index in [9.17, 15) is 0 Å². The molecule has 0 saturated carbocycles. The number of benzene rings is 1. The number of aromatic nitrogens is 2. The van der Waals surface area contributed by atoms with Crippen LogP contribution in [-0.2, 0) is 7.05 Å². The number of likely N-dealkylation sites (tertiary alicyclic amines) is 1. The Hall–Kier alpha value is -2.33. The Balaban J connectivity index is 1.52. The van der Waals surface area contributed by atoms with Crippen molar-refractivity contribution in [3.8, 4) is 11.5 Å². The number of hydrogen-bond donors (Lipinski definition) is 0. The molecule has 1 saturated heterocycles. The molecule has 27 heavy (non-hydrogen) atoms. The number of piperidine rings is 1. The summed E-state index contributed by atoms with van der Waals surface area (Å²) < 4.78 is 8.37. The van der Waals surface area contributed by atoms with Gasteiger partial charge < -0.3 is 9.30 Å². The predicted molar refractivity (Wildman–Crippen MR) is 111 cm³/mol. The van der Waals surface area contributed by atoms with E-state index >= 15 is 0 Å². The first kappa shape index (κ1) is 18.1. The normalized spacial score (nSPS) is 16.7. The fourth-order valence-corrected chi connectivity index (χ4v) is 4.09. The van der Waals surface area contributed by atoms with Crippen molar-refractivity contribution in [2.45, 2.75) is 45.1 Å². The number of nitrogens with zero attached hydrogens (tertiary/aromatic N) is 3. The van der Waals surface area contributed by atoms with Gasteiger partial charge in [0.25, 0.3) is 0 Å². The van der Waals surface area contributed by atoms with Crippen LogP contribution < -0.4 is 4.74 Å².